The van der Waals surface area contributed by atoms with Crippen molar-refractivity contribution in [1.82, 2.24) is 9.80 Å². The molecule has 2 saturated heterocycles. The molecule has 0 unspecified atom stereocenters. The number of carbonyl (C=O) groups excluding carboxylic acids is 1. The number of fused-ring (bicyclic) bond motifs is 2. The molecule has 0 saturated carbocycles. The van der Waals surface area contributed by atoms with E-state index in [-0.39, 0.29) is 18.3 Å². The molecule has 0 spiro atoms. The highest BCUT2D eigenvalue weighted by molar-refractivity contribution is 5.68. The smallest absolute Gasteiger partial charge is 0.410 e. The number of hydrogen-bond acceptors (Lipinski definition) is 4. The van der Waals surface area contributed by atoms with Crippen molar-refractivity contribution in [3.63, 3.8) is 0 Å². The van der Waals surface area contributed by atoms with Crippen LogP contribution in [0.1, 0.15) is 26.3 Å². The van der Waals surface area contributed by atoms with Crippen molar-refractivity contribution < 1.29 is 14.3 Å². The van der Waals surface area contributed by atoms with E-state index in [9.17, 15) is 4.79 Å². The molecule has 1 aromatic rings. The fourth-order valence-electron chi connectivity index (χ4n) is 3.22. The first-order chi connectivity index (χ1) is 10.9. The van der Waals surface area contributed by atoms with Crippen LogP contribution >= 0.6 is 0 Å². The van der Waals surface area contributed by atoms with Crippen molar-refractivity contribution in [2.75, 3.05) is 26.2 Å². The lowest BCUT2D eigenvalue weighted by Crippen LogP contribution is -2.60. The zero-order chi connectivity index (χ0) is 16.4. The third-order valence-corrected chi connectivity index (χ3v) is 4.06. The van der Waals surface area contributed by atoms with Gasteiger partial charge >= 0.3 is 6.09 Å². The van der Waals surface area contributed by atoms with Crippen molar-refractivity contribution in [1.29, 1.82) is 0 Å². The topological polar surface area (TPSA) is 42.0 Å². The van der Waals surface area contributed by atoms with Crippen LogP contribution in [0.2, 0.25) is 0 Å². The van der Waals surface area contributed by atoms with Crippen LogP contribution in [-0.4, -0.2) is 59.9 Å². The molecule has 5 nitrogen and oxygen atoms in total. The van der Waals surface area contributed by atoms with Crippen molar-refractivity contribution in [2.24, 2.45) is 0 Å². The van der Waals surface area contributed by atoms with Crippen LogP contribution in [0.3, 0.4) is 0 Å². The Hall–Kier alpha value is -1.59. The van der Waals surface area contributed by atoms with E-state index in [4.69, 9.17) is 9.47 Å². The SMILES string of the molecule is CC(C)(C)OC(=O)N1C[C@H]2CN(Cc3ccccc3)C[C@@H](C1)O2. The van der Waals surface area contributed by atoms with Crippen LogP contribution in [0.5, 0.6) is 0 Å². The Labute approximate surface area is 138 Å². The maximum absolute atomic E-state index is 12.3. The first-order valence-electron chi connectivity index (χ1n) is 8.29. The Morgan fingerprint density at radius 2 is 1.74 bits per heavy atom. The molecule has 0 radical (unpaired) electrons. The number of hydrogen-bond donors (Lipinski definition) is 0. The van der Waals surface area contributed by atoms with Crippen LogP contribution in [-0.2, 0) is 16.0 Å². The van der Waals surface area contributed by atoms with Gasteiger partial charge in [-0.1, -0.05) is 30.3 Å². The molecular weight excluding hydrogens is 292 g/mol. The lowest BCUT2D eigenvalue weighted by Gasteiger charge is -2.45. The van der Waals surface area contributed by atoms with Gasteiger partial charge in [-0.15, -0.1) is 0 Å². The van der Waals surface area contributed by atoms with Gasteiger partial charge in [0.25, 0.3) is 0 Å². The molecule has 126 valence electrons. The summed E-state index contributed by atoms with van der Waals surface area (Å²) in [7, 11) is 0. The average molecular weight is 318 g/mol. The zero-order valence-corrected chi connectivity index (χ0v) is 14.2. The summed E-state index contributed by atoms with van der Waals surface area (Å²) in [6.45, 7) is 9.54. The highest BCUT2D eigenvalue weighted by atomic mass is 16.6. The fraction of sp³-hybridized carbons (Fsp3) is 0.611. The van der Waals surface area contributed by atoms with Crippen LogP contribution in [0.15, 0.2) is 30.3 Å². The van der Waals surface area contributed by atoms with E-state index in [0.717, 1.165) is 19.6 Å². The Balaban J connectivity index is 1.57. The molecule has 0 aromatic heterocycles. The van der Waals surface area contributed by atoms with E-state index in [1.165, 1.54) is 5.56 Å². The number of rotatable bonds is 2. The third-order valence-electron chi connectivity index (χ3n) is 4.06. The van der Waals surface area contributed by atoms with E-state index in [1.807, 2.05) is 26.8 Å². The monoisotopic (exact) mass is 318 g/mol. The molecule has 0 N–H and O–H groups in total. The molecule has 2 bridgehead atoms. The molecule has 1 aromatic carbocycles. The number of nitrogens with zero attached hydrogens (tertiary/aromatic N) is 2. The van der Waals surface area contributed by atoms with Crippen molar-refractivity contribution in [3.05, 3.63) is 35.9 Å². The normalized spacial score (nSPS) is 25.3. The second-order valence-electron chi connectivity index (χ2n) is 7.45. The highest BCUT2D eigenvalue weighted by Gasteiger charge is 2.37. The van der Waals surface area contributed by atoms with Crippen LogP contribution < -0.4 is 0 Å². The molecular formula is C18H26N2O3. The van der Waals surface area contributed by atoms with Gasteiger partial charge in [0, 0.05) is 19.6 Å². The summed E-state index contributed by atoms with van der Waals surface area (Å²) in [5, 5.41) is 0. The zero-order valence-electron chi connectivity index (χ0n) is 14.2. The summed E-state index contributed by atoms with van der Waals surface area (Å²) >= 11 is 0. The van der Waals surface area contributed by atoms with Gasteiger partial charge in [0.05, 0.1) is 25.3 Å². The Morgan fingerprint density at radius 3 is 2.30 bits per heavy atom. The highest BCUT2D eigenvalue weighted by Crippen LogP contribution is 2.22. The predicted molar refractivity (Wildman–Crippen MR) is 88.2 cm³/mol. The van der Waals surface area contributed by atoms with E-state index in [1.54, 1.807) is 4.90 Å². The Kier molecular flexibility index (Phi) is 4.60. The molecule has 23 heavy (non-hydrogen) atoms. The predicted octanol–water partition coefficient (Wildman–Crippen LogP) is 2.51. The van der Waals surface area contributed by atoms with Crippen LogP contribution in [0.25, 0.3) is 0 Å². The number of amides is 1. The first-order valence-corrected chi connectivity index (χ1v) is 8.29. The summed E-state index contributed by atoms with van der Waals surface area (Å²) in [6.07, 6.45) is -0.0928. The first kappa shape index (κ1) is 16.3. The second kappa shape index (κ2) is 6.49. The number of benzene rings is 1. The maximum atomic E-state index is 12.3. The molecule has 0 aliphatic carbocycles. The van der Waals surface area contributed by atoms with Crippen molar-refractivity contribution >= 4 is 6.09 Å². The van der Waals surface area contributed by atoms with Gasteiger partial charge in [-0.25, -0.2) is 4.79 Å². The molecule has 2 aliphatic rings. The van der Waals surface area contributed by atoms with E-state index >= 15 is 0 Å². The summed E-state index contributed by atoms with van der Waals surface area (Å²) in [4.78, 5) is 16.5. The van der Waals surface area contributed by atoms with Gasteiger partial charge < -0.3 is 14.4 Å². The van der Waals surface area contributed by atoms with Crippen LogP contribution in [0.4, 0.5) is 4.79 Å². The minimum atomic E-state index is -0.455. The minimum Gasteiger partial charge on any atom is -0.444 e. The maximum Gasteiger partial charge on any atom is 0.410 e. The summed E-state index contributed by atoms with van der Waals surface area (Å²) in [5.41, 5.74) is 0.862. The summed E-state index contributed by atoms with van der Waals surface area (Å²) in [5.74, 6) is 0. The number of carbonyl (C=O) groups is 1. The molecule has 1 amide bonds. The summed E-state index contributed by atoms with van der Waals surface area (Å²) < 4.78 is 11.5. The standard InChI is InChI=1S/C18H26N2O3/c1-18(2,3)23-17(21)20-12-15-10-19(11-16(13-20)22-15)9-14-7-5-4-6-8-14/h4-8,15-16H,9-13H2,1-3H3/t15-,16+. The minimum absolute atomic E-state index is 0.0683. The lowest BCUT2D eigenvalue weighted by atomic mass is 10.1. The largest absolute Gasteiger partial charge is 0.444 e. The lowest BCUT2D eigenvalue weighted by molar-refractivity contribution is -0.137. The molecule has 2 fully saturated rings. The fourth-order valence-corrected chi connectivity index (χ4v) is 3.22. The van der Waals surface area contributed by atoms with Crippen LogP contribution in [0, 0.1) is 0 Å². The second-order valence-corrected chi connectivity index (χ2v) is 7.45. The third kappa shape index (κ3) is 4.45. The quantitative estimate of drug-likeness (QED) is 0.840. The molecule has 2 heterocycles. The van der Waals surface area contributed by atoms with Crippen molar-refractivity contribution in [3.8, 4) is 0 Å². The number of morpholine rings is 2. The van der Waals surface area contributed by atoms with Crippen molar-refractivity contribution in [2.45, 2.75) is 45.1 Å². The van der Waals surface area contributed by atoms with Gasteiger partial charge in [-0.05, 0) is 26.3 Å². The Morgan fingerprint density at radius 1 is 1.13 bits per heavy atom. The van der Waals surface area contributed by atoms with Gasteiger partial charge in [-0.2, -0.15) is 0 Å². The van der Waals surface area contributed by atoms with E-state index in [0.29, 0.717) is 13.1 Å². The van der Waals surface area contributed by atoms with Gasteiger partial charge in [0.2, 0.25) is 0 Å². The average Bonchev–Trinajstić information content (AvgIpc) is 2.45. The molecule has 5 heteroatoms. The van der Waals surface area contributed by atoms with Gasteiger partial charge in [-0.3, -0.25) is 4.90 Å². The molecule has 2 atom stereocenters. The van der Waals surface area contributed by atoms with Gasteiger partial charge in [0.1, 0.15) is 5.60 Å². The molecule has 3 rings (SSSR count). The summed E-state index contributed by atoms with van der Waals surface area (Å²) in [6, 6.07) is 10.5. The molecule has 2 aliphatic heterocycles. The van der Waals surface area contributed by atoms with E-state index < -0.39 is 5.60 Å². The van der Waals surface area contributed by atoms with Gasteiger partial charge in [0.15, 0.2) is 0 Å². The Bertz CT molecular complexity index is 527. The number of ether oxygens (including phenoxy) is 2. The van der Waals surface area contributed by atoms with E-state index in [2.05, 4.69) is 29.2 Å².